The Morgan fingerprint density at radius 3 is 2.00 bits per heavy atom. The van der Waals surface area contributed by atoms with Crippen LogP contribution in [-0.4, -0.2) is 261 Å². The molecule has 3 aromatic rings. The number of likely N-dealkylation sites (N-methyl/N-ethyl adjacent to an activating group) is 1. The first kappa shape index (κ1) is 95.0. The molecule has 14 amide bonds. The number of aliphatic hydroxyl groups is 1. The van der Waals surface area contributed by atoms with Gasteiger partial charge in [0.15, 0.2) is 5.96 Å². The van der Waals surface area contributed by atoms with Crippen LogP contribution >= 0.6 is 15.9 Å². The van der Waals surface area contributed by atoms with Gasteiger partial charge in [0.1, 0.15) is 96.5 Å². The van der Waals surface area contributed by atoms with Crippen LogP contribution in [0.15, 0.2) is 64.2 Å². The second-order valence-electron chi connectivity index (χ2n) is 31.4. The number of nitrogens with zero attached hydrogens (tertiary/aromatic N) is 4. The van der Waals surface area contributed by atoms with E-state index in [1.54, 1.807) is 98.0 Å². The summed E-state index contributed by atoms with van der Waals surface area (Å²) in [6, 6.07) is -9.16. The van der Waals surface area contributed by atoms with Crippen molar-refractivity contribution in [3.8, 4) is 0 Å². The third-order valence-electron chi connectivity index (χ3n) is 20.8. The lowest BCUT2D eigenvalue weighted by Crippen LogP contribution is -2.64. The summed E-state index contributed by atoms with van der Waals surface area (Å²) in [5.41, 5.74) is 15.6. The lowest BCUT2D eigenvalue weighted by molar-refractivity contribution is -0.161. The molecule has 644 valence electrons. The molecule has 2 aromatic carbocycles. The third-order valence-corrected chi connectivity index (χ3v) is 22.1. The SMILES string of the molecule is CCC(C)(C)[C@@H](NC(=O)[C@@H](NC(=O)[C@@H]1CCCN1C(=O)C(NC(=O)[C@@H](C)NC=O)C(O)c1ccc(Br)cc1)C(C)(C)C)C(=O)N[C@H](Cc1c[nH]c2ccccc12)C(=O)N[C@@H](CCCN=C(N)N)C(=O)N[C@H](CS(=O)(=O)O)C(=O)N[C@H]1C(=O)N(C)[C@@H](CCC(N)=O)C(=O)N[C@H](C(C)C)C(=O)N2CCC[C@H]2C(=O)N[C@H](CC(=O)O)C(=O)O[C@@H]1C. The maximum Gasteiger partial charge on any atom is 0.329 e. The van der Waals surface area contributed by atoms with Gasteiger partial charge >= 0.3 is 11.9 Å². The molecule has 3 fully saturated rings. The van der Waals surface area contributed by atoms with Crippen LogP contribution in [0.1, 0.15) is 151 Å². The highest BCUT2D eigenvalue weighted by molar-refractivity contribution is 9.10. The van der Waals surface area contributed by atoms with Crippen molar-refractivity contribution in [2.24, 2.45) is 38.9 Å². The number of hydrogen-bond acceptors (Lipinski definition) is 21. The Labute approximate surface area is 684 Å². The van der Waals surface area contributed by atoms with Gasteiger partial charge in [-0.3, -0.25) is 81.5 Å². The first-order valence-electron chi connectivity index (χ1n) is 38.2. The minimum Gasteiger partial charge on any atom is -0.481 e. The number of carboxylic acid groups (broad SMARTS) is 1. The number of carbonyl (C=O) groups is 16. The van der Waals surface area contributed by atoms with Crippen LogP contribution in [0.5, 0.6) is 0 Å². The molecule has 0 radical (unpaired) electrons. The molecule has 3 aliphatic rings. The van der Waals surface area contributed by atoms with Crippen molar-refractivity contribution in [3.05, 3.63) is 70.3 Å². The van der Waals surface area contributed by atoms with Gasteiger partial charge in [-0.25, -0.2) is 4.79 Å². The topological polar surface area (TPSA) is 613 Å². The number of amides is 14. The predicted molar refractivity (Wildman–Crippen MR) is 424 cm³/mol. The number of nitrogens with two attached hydrogens (primary N) is 3. The normalized spacial score (nSPS) is 21.2. The number of guanidine groups is 1. The number of likely N-dealkylation sites (tertiary alicyclic amines) is 1. The molecular weight excluding hydrogens is 1620 g/mol. The Morgan fingerprint density at radius 2 is 1.39 bits per heavy atom. The molecule has 42 heteroatoms. The van der Waals surface area contributed by atoms with Crippen molar-refractivity contribution in [2.45, 2.75) is 231 Å². The van der Waals surface area contributed by atoms with Gasteiger partial charge in [-0.15, -0.1) is 0 Å². The third kappa shape index (κ3) is 26.3. The number of aliphatic hydroxyl groups excluding tert-OH is 1. The number of aromatic amines is 1. The zero-order valence-electron chi connectivity index (χ0n) is 67.0. The fraction of sp³-hybridized carbons (Fsp3) is 0.587. The smallest absolute Gasteiger partial charge is 0.329 e. The fourth-order valence-corrected chi connectivity index (χ4v) is 14.6. The minimum absolute atomic E-state index is 0.0131. The Bertz CT molecular complexity index is 4320. The Hall–Kier alpha value is -10.9. The number of aliphatic carboxylic acids is 1. The number of rotatable bonds is 35. The molecule has 15 atom stereocenters. The molecule has 0 aliphatic carbocycles. The zero-order valence-corrected chi connectivity index (χ0v) is 69.4. The van der Waals surface area contributed by atoms with Crippen molar-refractivity contribution in [2.75, 3.05) is 32.4 Å². The van der Waals surface area contributed by atoms with Crippen LogP contribution in [0, 0.1) is 16.7 Å². The molecule has 20 N–H and O–H groups in total. The molecule has 6 rings (SSSR count). The summed E-state index contributed by atoms with van der Waals surface area (Å²) >= 11 is 3.33. The Balaban J connectivity index is 1.36. The average molecular weight is 1730 g/mol. The number of primary amides is 1. The van der Waals surface area contributed by atoms with Crippen molar-refractivity contribution in [3.63, 3.8) is 0 Å². The van der Waals surface area contributed by atoms with Crippen LogP contribution in [0.25, 0.3) is 10.9 Å². The van der Waals surface area contributed by atoms with E-state index in [9.17, 15) is 75.9 Å². The van der Waals surface area contributed by atoms with Crippen molar-refractivity contribution in [1.82, 2.24) is 72.9 Å². The minimum atomic E-state index is -5.42. The van der Waals surface area contributed by atoms with Crippen molar-refractivity contribution >= 4 is 138 Å². The number of aliphatic imine (C=N–C) groups is 1. The second kappa shape index (κ2) is 41.8. The highest BCUT2D eigenvalue weighted by Gasteiger charge is 2.48. The molecule has 2 unspecified atom stereocenters. The molecule has 40 nitrogen and oxygen atoms in total. The Morgan fingerprint density at radius 1 is 0.769 bits per heavy atom. The molecule has 1 aromatic heterocycles. The van der Waals surface area contributed by atoms with Crippen molar-refractivity contribution < 1.29 is 105 Å². The summed E-state index contributed by atoms with van der Waals surface area (Å²) in [5, 5.41) is 47.2. The van der Waals surface area contributed by atoms with E-state index >= 15 is 24.0 Å². The lowest BCUT2D eigenvalue weighted by Gasteiger charge is -2.38. The number of carboxylic acids is 1. The first-order chi connectivity index (χ1) is 54.7. The molecule has 0 bridgehead atoms. The number of fused-ring (bicyclic) bond motifs is 2. The maximum absolute atomic E-state index is 15.4. The van der Waals surface area contributed by atoms with Crippen LogP contribution in [0.3, 0.4) is 0 Å². The number of aromatic nitrogens is 1. The maximum atomic E-state index is 15.4. The summed E-state index contributed by atoms with van der Waals surface area (Å²) in [5.74, 6) is -19.8. The Kier molecular flexibility index (Phi) is 33.9. The van der Waals surface area contributed by atoms with E-state index in [4.69, 9.17) is 21.9 Å². The summed E-state index contributed by atoms with van der Waals surface area (Å²) in [4.78, 5) is 237. The van der Waals surface area contributed by atoms with Gasteiger partial charge in [0, 0.05) is 61.1 Å². The molecule has 3 aliphatic heterocycles. The first-order valence-corrected chi connectivity index (χ1v) is 40.6. The van der Waals surface area contributed by atoms with E-state index in [1.807, 2.05) is 0 Å². The largest absolute Gasteiger partial charge is 0.481 e. The van der Waals surface area contributed by atoms with Gasteiger partial charge in [0.25, 0.3) is 10.1 Å². The number of carbonyl (C=O) groups excluding carboxylic acids is 15. The zero-order chi connectivity index (χ0) is 87.5. The van der Waals surface area contributed by atoms with Crippen LogP contribution in [0.4, 0.5) is 0 Å². The predicted octanol–water partition coefficient (Wildman–Crippen LogP) is -2.72. The molecular formula is C75H109BrN18O22S. The number of nitrogens with one attached hydrogen (secondary N) is 11. The summed E-state index contributed by atoms with van der Waals surface area (Å²) < 4.78 is 42.8. The number of H-pyrrole nitrogens is 1. The number of para-hydroxylation sites is 1. The number of ether oxygens (including phenoxy) is 1. The van der Waals surface area contributed by atoms with Crippen LogP contribution < -0.4 is 70.4 Å². The van der Waals surface area contributed by atoms with Gasteiger partial charge < -0.3 is 105 Å². The number of hydrogen-bond donors (Lipinski definition) is 17. The number of cyclic esters (lactones) is 1. The summed E-state index contributed by atoms with van der Waals surface area (Å²) in [7, 11) is -4.41. The monoisotopic (exact) mass is 1720 g/mol. The standard InChI is InChI=1S/C75H109BrN18O22S/c1-12-75(9,10)59(91-67(107)58(74(6,7)8)90-66(106)51-22-17-31-94(51)71(111)56(89-60(100)38(4)82-36-95)57(99)40-23-25-42(76)26-24-40)68(108)84-46(32-41-34-81-44-19-14-13-18-43(41)44)62(102)83-45(20-15-29-80-73(78)79)61(101)86-48(35-117(113,114)115)63(103)88-55-39(5)116-72(112)47(33-53(97)98)85-65(105)50-21-16-30-93(50)70(110)54(37(2)3)87-64(104)49(27-28-52(77)96)92(11)69(55)109/h13-14,18-19,23-26,34,36-39,45-51,54-59,81,99H,12,15-17,20-22,27-33,35H2,1-11H3,(H2,77,96)(H,82,95)(H,83,102)(H,84,108)(H,85,105)(H,86,101)(H,87,104)(H,88,103)(H,89,100)(H,90,106)(H,91,107)(H,97,98)(H4,78,79,80)(H,113,114,115)/t38-,39-,45+,46-,47-,48-,49+,50+,51+,54-,55-,56?,57?,58-,59+/m1/s1. The molecule has 0 spiro atoms. The molecule has 117 heavy (non-hydrogen) atoms. The van der Waals surface area contributed by atoms with Gasteiger partial charge in [-0.1, -0.05) is 102 Å². The second-order valence-corrected chi connectivity index (χ2v) is 33.8. The number of esters is 1. The summed E-state index contributed by atoms with van der Waals surface area (Å²) in [6.45, 7) is 15.0. The molecule has 3 saturated heterocycles. The van der Waals surface area contributed by atoms with Gasteiger partial charge in [0.05, 0.1) is 6.42 Å². The van der Waals surface area contributed by atoms with E-state index in [0.29, 0.717) is 25.8 Å². The van der Waals surface area contributed by atoms with Crippen LogP contribution in [0.2, 0.25) is 0 Å². The van der Waals surface area contributed by atoms with E-state index in [2.05, 4.69) is 79.1 Å². The summed E-state index contributed by atoms with van der Waals surface area (Å²) in [6.07, 6.45) is -4.41. The number of benzene rings is 2. The van der Waals surface area contributed by atoms with Gasteiger partial charge in [-0.05, 0) is 111 Å². The van der Waals surface area contributed by atoms with E-state index in [0.717, 1.165) is 23.8 Å². The number of halogens is 1. The average Bonchev–Trinajstić information content (AvgIpc) is 1.80. The van der Waals surface area contributed by atoms with Crippen LogP contribution in [-0.2, 0) is 98.0 Å². The van der Waals surface area contributed by atoms with Gasteiger partial charge in [0.2, 0.25) is 83.2 Å². The molecule has 0 saturated carbocycles. The van der Waals surface area contributed by atoms with Gasteiger partial charge in [-0.2, -0.15) is 8.42 Å². The van der Waals surface area contributed by atoms with E-state index < -0.39 is 244 Å². The van der Waals surface area contributed by atoms with E-state index in [1.165, 1.54) is 19.1 Å². The van der Waals surface area contributed by atoms with Crippen molar-refractivity contribution in [1.29, 1.82) is 0 Å². The lowest BCUT2D eigenvalue weighted by atomic mass is 9.80. The quantitative estimate of drug-likeness (QED) is 0.00710. The fourth-order valence-electron chi connectivity index (χ4n) is 13.7. The molecule has 4 heterocycles. The highest BCUT2D eigenvalue weighted by Crippen LogP contribution is 2.31. The highest BCUT2D eigenvalue weighted by atomic mass is 79.9. The van der Waals surface area contributed by atoms with E-state index in [-0.39, 0.29) is 76.6 Å².